The van der Waals surface area contributed by atoms with E-state index in [9.17, 15) is 4.79 Å². The summed E-state index contributed by atoms with van der Waals surface area (Å²) in [6.45, 7) is 8.78. The van der Waals surface area contributed by atoms with Crippen molar-refractivity contribution in [2.75, 3.05) is 6.54 Å². The fraction of sp³-hybridized carbons (Fsp3) is 0.786. The van der Waals surface area contributed by atoms with Crippen LogP contribution in [-0.2, 0) is 17.9 Å². The summed E-state index contributed by atoms with van der Waals surface area (Å²) in [5.41, 5.74) is 0.0441. The Balaban J connectivity index is 2.26. The van der Waals surface area contributed by atoms with Crippen LogP contribution in [0.25, 0.3) is 0 Å². The average Bonchev–Trinajstić information content (AvgIpc) is 2.81. The molecular formula is C14H26N4O2. The molecule has 0 aliphatic carbocycles. The molecule has 0 bridgehead atoms. The van der Waals surface area contributed by atoms with Gasteiger partial charge in [-0.3, -0.25) is 4.79 Å². The van der Waals surface area contributed by atoms with Gasteiger partial charge in [-0.25, -0.2) is 9.67 Å². The van der Waals surface area contributed by atoms with Gasteiger partial charge in [0.1, 0.15) is 12.2 Å². The minimum absolute atomic E-state index is 0.0441. The van der Waals surface area contributed by atoms with E-state index in [4.69, 9.17) is 5.11 Å². The molecule has 0 saturated heterocycles. The fourth-order valence-corrected chi connectivity index (χ4v) is 2.02. The molecule has 6 heteroatoms. The summed E-state index contributed by atoms with van der Waals surface area (Å²) in [7, 11) is 0. The van der Waals surface area contributed by atoms with E-state index in [2.05, 4.69) is 36.2 Å². The molecule has 0 aliphatic rings. The van der Waals surface area contributed by atoms with Gasteiger partial charge in [0.25, 0.3) is 0 Å². The molecule has 0 spiro atoms. The smallest absolute Gasteiger partial charge is 0.303 e. The highest BCUT2D eigenvalue weighted by Gasteiger charge is 2.18. The van der Waals surface area contributed by atoms with E-state index in [0.717, 1.165) is 31.8 Å². The zero-order valence-corrected chi connectivity index (χ0v) is 12.7. The molecule has 1 aromatic heterocycles. The summed E-state index contributed by atoms with van der Waals surface area (Å²) in [5, 5.41) is 16.3. The van der Waals surface area contributed by atoms with Crippen LogP contribution in [0.15, 0.2) is 6.33 Å². The molecule has 20 heavy (non-hydrogen) atoms. The van der Waals surface area contributed by atoms with Crippen LogP contribution in [0.5, 0.6) is 0 Å². The lowest BCUT2D eigenvalue weighted by Gasteiger charge is -2.23. The summed E-state index contributed by atoms with van der Waals surface area (Å²) in [6, 6.07) is 0. The molecule has 0 fully saturated rings. The standard InChI is InChI=1S/C14H26N4O2/c1-4-9-18-12(16-11-17-18)10-15-8-7-14(2,3)6-5-13(19)20/h11,15H,4-10H2,1-3H3,(H,19,20). The van der Waals surface area contributed by atoms with Crippen molar-refractivity contribution in [1.29, 1.82) is 0 Å². The van der Waals surface area contributed by atoms with E-state index in [-0.39, 0.29) is 11.8 Å². The molecule has 0 saturated carbocycles. The minimum atomic E-state index is -0.723. The van der Waals surface area contributed by atoms with Gasteiger partial charge in [-0.1, -0.05) is 20.8 Å². The molecule has 0 unspecified atom stereocenters. The third-order valence-electron chi connectivity index (χ3n) is 3.41. The first-order chi connectivity index (χ1) is 9.44. The summed E-state index contributed by atoms with van der Waals surface area (Å²) in [6.07, 6.45) is 4.51. The fourth-order valence-electron chi connectivity index (χ4n) is 2.02. The van der Waals surface area contributed by atoms with E-state index < -0.39 is 5.97 Å². The van der Waals surface area contributed by atoms with Gasteiger partial charge in [0.15, 0.2) is 0 Å². The van der Waals surface area contributed by atoms with Gasteiger partial charge in [-0.05, 0) is 31.2 Å². The summed E-state index contributed by atoms with van der Waals surface area (Å²) in [5.74, 6) is 0.230. The van der Waals surface area contributed by atoms with Crippen molar-refractivity contribution in [2.24, 2.45) is 5.41 Å². The zero-order valence-electron chi connectivity index (χ0n) is 12.7. The highest BCUT2D eigenvalue weighted by atomic mass is 16.4. The maximum Gasteiger partial charge on any atom is 0.303 e. The SMILES string of the molecule is CCCn1ncnc1CNCCC(C)(C)CCC(=O)O. The van der Waals surface area contributed by atoms with Crippen molar-refractivity contribution in [3.63, 3.8) is 0 Å². The van der Waals surface area contributed by atoms with E-state index in [1.807, 2.05) is 4.68 Å². The van der Waals surface area contributed by atoms with E-state index in [0.29, 0.717) is 13.0 Å². The van der Waals surface area contributed by atoms with Gasteiger partial charge in [0.05, 0.1) is 6.54 Å². The predicted octanol–water partition coefficient (Wildman–Crippen LogP) is 2.06. The highest BCUT2D eigenvalue weighted by Crippen LogP contribution is 2.25. The Bertz CT molecular complexity index is 415. The number of aliphatic carboxylic acids is 1. The van der Waals surface area contributed by atoms with Gasteiger partial charge in [-0.15, -0.1) is 0 Å². The number of aromatic nitrogens is 3. The van der Waals surface area contributed by atoms with Crippen LogP contribution < -0.4 is 5.32 Å². The Hall–Kier alpha value is -1.43. The van der Waals surface area contributed by atoms with Crippen molar-refractivity contribution < 1.29 is 9.90 Å². The molecule has 0 atom stereocenters. The number of aryl methyl sites for hydroxylation is 1. The number of hydrogen-bond donors (Lipinski definition) is 2. The average molecular weight is 282 g/mol. The molecular weight excluding hydrogens is 256 g/mol. The lowest BCUT2D eigenvalue weighted by molar-refractivity contribution is -0.137. The van der Waals surface area contributed by atoms with Gasteiger partial charge in [-0.2, -0.15) is 5.10 Å². The Morgan fingerprint density at radius 1 is 1.45 bits per heavy atom. The van der Waals surface area contributed by atoms with Crippen LogP contribution in [0.4, 0.5) is 0 Å². The molecule has 0 radical (unpaired) electrons. The van der Waals surface area contributed by atoms with Crippen LogP contribution in [0.2, 0.25) is 0 Å². The maximum absolute atomic E-state index is 10.6. The van der Waals surface area contributed by atoms with E-state index in [1.165, 1.54) is 0 Å². The minimum Gasteiger partial charge on any atom is -0.481 e. The Morgan fingerprint density at radius 3 is 2.85 bits per heavy atom. The summed E-state index contributed by atoms with van der Waals surface area (Å²) >= 11 is 0. The quantitative estimate of drug-likeness (QED) is 0.642. The van der Waals surface area contributed by atoms with Crippen molar-refractivity contribution in [1.82, 2.24) is 20.1 Å². The summed E-state index contributed by atoms with van der Waals surface area (Å²) in [4.78, 5) is 14.8. The Morgan fingerprint density at radius 2 is 2.20 bits per heavy atom. The third-order valence-corrected chi connectivity index (χ3v) is 3.41. The van der Waals surface area contributed by atoms with Crippen LogP contribution >= 0.6 is 0 Å². The number of carbonyl (C=O) groups is 1. The molecule has 0 amide bonds. The van der Waals surface area contributed by atoms with Crippen LogP contribution in [0.3, 0.4) is 0 Å². The normalized spacial score (nSPS) is 11.8. The molecule has 0 aliphatic heterocycles. The Kier molecular flexibility index (Phi) is 6.64. The first-order valence-corrected chi connectivity index (χ1v) is 7.24. The largest absolute Gasteiger partial charge is 0.481 e. The van der Waals surface area contributed by atoms with Gasteiger partial charge in [0, 0.05) is 13.0 Å². The van der Waals surface area contributed by atoms with Crippen LogP contribution in [-0.4, -0.2) is 32.4 Å². The number of carboxylic acids is 1. The molecule has 1 heterocycles. The van der Waals surface area contributed by atoms with Crippen molar-refractivity contribution >= 4 is 5.97 Å². The molecule has 2 N–H and O–H groups in total. The Labute approximate surface area is 120 Å². The van der Waals surface area contributed by atoms with Crippen LogP contribution in [0, 0.1) is 5.41 Å². The maximum atomic E-state index is 10.6. The van der Waals surface area contributed by atoms with Crippen molar-refractivity contribution in [2.45, 2.75) is 59.5 Å². The van der Waals surface area contributed by atoms with Crippen LogP contribution in [0.1, 0.15) is 52.3 Å². The number of hydrogen-bond acceptors (Lipinski definition) is 4. The monoisotopic (exact) mass is 282 g/mol. The topological polar surface area (TPSA) is 80.0 Å². The lowest BCUT2D eigenvalue weighted by Crippen LogP contribution is -2.24. The first-order valence-electron chi connectivity index (χ1n) is 7.24. The first kappa shape index (κ1) is 16.6. The molecule has 114 valence electrons. The number of nitrogens with one attached hydrogen (secondary N) is 1. The number of rotatable bonds is 10. The summed E-state index contributed by atoms with van der Waals surface area (Å²) < 4.78 is 1.92. The molecule has 1 rings (SSSR count). The highest BCUT2D eigenvalue weighted by molar-refractivity contribution is 5.66. The van der Waals surface area contributed by atoms with Gasteiger partial charge >= 0.3 is 5.97 Å². The van der Waals surface area contributed by atoms with E-state index in [1.54, 1.807) is 6.33 Å². The molecule has 0 aromatic carbocycles. The van der Waals surface area contributed by atoms with Gasteiger partial charge in [0.2, 0.25) is 0 Å². The second-order valence-corrected chi connectivity index (χ2v) is 5.88. The molecule has 1 aromatic rings. The van der Waals surface area contributed by atoms with Gasteiger partial charge < -0.3 is 10.4 Å². The second-order valence-electron chi connectivity index (χ2n) is 5.88. The van der Waals surface area contributed by atoms with Crippen molar-refractivity contribution in [3.05, 3.63) is 12.2 Å². The van der Waals surface area contributed by atoms with E-state index >= 15 is 0 Å². The number of carboxylic acid groups (broad SMARTS) is 1. The zero-order chi connectivity index (χ0) is 15.0. The third kappa shape index (κ3) is 6.14. The number of nitrogens with zero attached hydrogens (tertiary/aromatic N) is 3. The second kappa shape index (κ2) is 7.99. The lowest BCUT2D eigenvalue weighted by atomic mass is 9.84. The van der Waals surface area contributed by atoms with Crippen molar-refractivity contribution in [3.8, 4) is 0 Å². The molecule has 6 nitrogen and oxygen atoms in total. The predicted molar refractivity (Wildman–Crippen MR) is 77.3 cm³/mol.